The zero-order valence-corrected chi connectivity index (χ0v) is 13.4. The molecule has 1 heterocycles. The van der Waals surface area contributed by atoms with Gasteiger partial charge < -0.3 is 10.1 Å². The summed E-state index contributed by atoms with van der Waals surface area (Å²) < 4.78 is 32.8. The molecule has 5 nitrogen and oxygen atoms in total. The van der Waals surface area contributed by atoms with Crippen molar-refractivity contribution in [2.24, 2.45) is 0 Å². The van der Waals surface area contributed by atoms with Crippen LogP contribution in [0.1, 0.15) is 38.3 Å². The first-order valence-electron chi connectivity index (χ1n) is 7.47. The highest BCUT2D eigenvalue weighted by Crippen LogP contribution is 2.18. The summed E-state index contributed by atoms with van der Waals surface area (Å²) >= 11 is 0. The van der Waals surface area contributed by atoms with E-state index in [0.29, 0.717) is 11.4 Å². The Bertz CT molecular complexity index is 554. The van der Waals surface area contributed by atoms with Crippen LogP contribution in [0.4, 0.5) is 0 Å². The summed E-state index contributed by atoms with van der Waals surface area (Å²) in [5.41, 5.74) is 0.969. The topological polar surface area (TPSA) is 67.4 Å². The third kappa shape index (κ3) is 4.51. The number of benzene rings is 1. The van der Waals surface area contributed by atoms with Gasteiger partial charge in [-0.1, -0.05) is 19.1 Å². The average Bonchev–Trinajstić information content (AvgIpc) is 2.99. The van der Waals surface area contributed by atoms with Gasteiger partial charge in [-0.3, -0.25) is 0 Å². The van der Waals surface area contributed by atoms with Gasteiger partial charge in [0, 0.05) is 19.2 Å². The molecule has 0 spiro atoms. The second-order valence-electron chi connectivity index (χ2n) is 5.34. The molecule has 2 N–H and O–H groups in total. The van der Waals surface area contributed by atoms with Crippen LogP contribution >= 0.6 is 0 Å². The van der Waals surface area contributed by atoms with Crippen molar-refractivity contribution in [2.75, 3.05) is 19.7 Å². The molecule has 1 fully saturated rings. The van der Waals surface area contributed by atoms with Crippen LogP contribution in [0.5, 0.6) is 0 Å². The predicted octanol–water partition coefficient (Wildman–Crippen LogP) is 1.81. The van der Waals surface area contributed by atoms with E-state index in [1.807, 2.05) is 19.9 Å². The molecule has 0 aliphatic carbocycles. The van der Waals surface area contributed by atoms with Crippen molar-refractivity contribution in [2.45, 2.75) is 43.7 Å². The molecule has 1 saturated heterocycles. The number of hydrogen-bond donors (Lipinski definition) is 2. The van der Waals surface area contributed by atoms with E-state index in [1.54, 1.807) is 18.2 Å². The van der Waals surface area contributed by atoms with Crippen molar-refractivity contribution in [3.8, 4) is 0 Å². The van der Waals surface area contributed by atoms with Gasteiger partial charge in [-0.25, -0.2) is 13.1 Å². The van der Waals surface area contributed by atoms with Crippen LogP contribution in [0.3, 0.4) is 0 Å². The predicted molar refractivity (Wildman–Crippen MR) is 82.7 cm³/mol. The molecule has 1 aliphatic heterocycles. The van der Waals surface area contributed by atoms with E-state index in [9.17, 15) is 8.42 Å². The molecule has 0 saturated carbocycles. The van der Waals surface area contributed by atoms with Crippen LogP contribution in [0.2, 0.25) is 0 Å². The number of nitrogens with one attached hydrogen (secondary N) is 2. The molecule has 118 valence electrons. The summed E-state index contributed by atoms with van der Waals surface area (Å²) in [4.78, 5) is 0.308. The third-order valence-corrected chi connectivity index (χ3v) is 5.12. The van der Waals surface area contributed by atoms with Gasteiger partial charge >= 0.3 is 0 Å². The fourth-order valence-corrected chi connectivity index (χ4v) is 3.59. The fourth-order valence-electron chi connectivity index (χ4n) is 2.47. The summed E-state index contributed by atoms with van der Waals surface area (Å²) in [5.74, 6) is 0. The van der Waals surface area contributed by atoms with Crippen molar-refractivity contribution >= 4 is 10.0 Å². The van der Waals surface area contributed by atoms with E-state index < -0.39 is 10.0 Å². The molecule has 0 amide bonds. The van der Waals surface area contributed by atoms with E-state index >= 15 is 0 Å². The highest BCUT2D eigenvalue weighted by molar-refractivity contribution is 7.89. The van der Waals surface area contributed by atoms with Crippen LogP contribution < -0.4 is 10.0 Å². The van der Waals surface area contributed by atoms with E-state index in [0.717, 1.165) is 31.6 Å². The maximum absolute atomic E-state index is 12.3. The zero-order valence-electron chi connectivity index (χ0n) is 12.6. The molecule has 21 heavy (non-hydrogen) atoms. The molecule has 1 aromatic carbocycles. The molecule has 2 atom stereocenters. The number of ether oxygens (including phenoxy) is 1. The first-order valence-corrected chi connectivity index (χ1v) is 8.96. The maximum atomic E-state index is 12.3. The highest BCUT2D eigenvalue weighted by atomic mass is 32.2. The van der Waals surface area contributed by atoms with Crippen LogP contribution in [-0.2, 0) is 14.8 Å². The van der Waals surface area contributed by atoms with E-state index in [1.165, 1.54) is 0 Å². The lowest BCUT2D eigenvalue weighted by Crippen LogP contribution is -2.32. The lowest BCUT2D eigenvalue weighted by molar-refractivity contribution is 0.114. The third-order valence-electron chi connectivity index (χ3n) is 3.70. The van der Waals surface area contributed by atoms with E-state index in [4.69, 9.17) is 4.74 Å². The average molecular weight is 312 g/mol. The van der Waals surface area contributed by atoms with E-state index in [2.05, 4.69) is 10.0 Å². The van der Waals surface area contributed by atoms with Crippen molar-refractivity contribution in [1.29, 1.82) is 0 Å². The molecule has 0 aromatic heterocycles. The summed E-state index contributed by atoms with van der Waals surface area (Å²) in [6.45, 7) is 5.96. The van der Waals surface area contributed by atoms with E-state index in [-0.39, 0.29) is 12.1 Å². The summed E-state index contributed by atoms with van der Waals surface area (Å²) in [5, 5.41) is 3.28. The Labute approximate surface area is 127 Å². The Morgan fingerprint density at radius 1 is 1.43 bits per heavy atom. The standard InChI is InChI=1S/C15H24N2O3S/c1-3-16-12(2)13-6-4-8-15(10-13)21(18,19)17-11-14-7-5-9-20-14/h4,6,8,10,12,14,16-17H,3,5,7,9,11H2,1-2H3. The SMILES string of the molecule is CCNC(C)c1cccc(S(=O)(=O)NCC2CCCO2)c1. The number of sulfonamides is 1. The normalized spacial score (nSPS) is 20.6. The van der Waals surface area contributed by atoms with Gasteiger partial charge in [-0.05, 0) is 44.0 Å². The van der Waals surface area contributed by atoms with Crippen molar-refractivity contribution in [3.05, 3.63) is 29.8 Å². The van der Waals surface area contributed by atoms with Crippen LogP contribution in [-0.4, -0.2) is 34.2 Å². The van der Waals surface area contributed by atoms with Crippen molar-refractivity contribution in [1.82, 2.24) is 10.0 Å². The minimum absolute atomic E-state index is 0.00337. The lowest BCUT2D eigenvalue weighted by atomic mass is 10.1. The Kier molecular flexibility index (Phi) is 5.75. The van der Waals surface area contributed by atoms with Crippen LogP contribution in [0.25, 0.3) is 0 Å². The molecule has 1 aromatic rings. The molecular formula is C15H24N2O3S. The van der Waals surface area contributed by atoms with Crippen molar-refractivity contribution < 1.29 is 13.2 Å². The maximum Gasteiger partial charge on any atom is 0.240 e. The quantitative estimate of drug-likeness (QED) is 0.806. The smallest absolute Gasteiger partial charge is 0.240 e. The minimum atomic E-state index is -3.48. The second-order valence-corrected chi connectivity index (χ2v) is 7.11. The molecule has 0 radical (unpaired) electrons. The number of hydrogen-bond acceptors (Lipinski definition) is 4. The van der Waals surface area contributed by atoms with Crippen molar-refractivity contribution in [3.63, 3.8) is 0 Å². The van der Waals surface area contributed by atoms with Gasteiger partial charge in [0.1, 0.15) is 0 Å². The van der Waals surface area contributed by atoms with Gasteiger partial charge in [-0.15, -0.1) is 0 Å². The summed E-state index contributed by atoms with van der Waals surface area (Å²) in [7, 11) is -3.48. The van der Waals surface area contributed by atoms with Gasteiger partial charge in [0.2, 0.25) is 10.0 Å². The fraction of sp³-hybridized carbons (Fsp3) is 0.600. The molecule has 2 rings (SSSR count). The summed E-state index contributed by atoms with van der Waals surface area (Å²) in [6, 6.07) is 7.20. The molecular weight excluding hydrogens is 288 g/mol. The Hall–Kier alpha value is -0.950. The molecule has 0 bridgehead atoms. The Morgan fingerprint density at radius 2 is 2.24 bits per heavy atom. The second kappa shape index (κ2) is 7.35. The molecule has 1 aliphatic rings. The van der Waals surface area contributed by atoms with Gasteiger partial charge in [0.05, 0.1) is 11.0 Å². The largest absolute Gasteiger partial charge is 0.377 e. The minimum Gasteiger partial charge on any atom is -0.377 e. The van der Waals surface area contributed by atoms with Gasteiger partial charge in [0.15, 0.2) is 0 Å². The molecule has 2 unspecified atom stereocenters. The highest BCUT2D eigenvalue weighted by Gasteiger charge is 2.20. The lowest BCUT2D eigenvalue weighted by Gasteiger charge is -2.15. The first kappa shape index (κ1) is 16.4. The van der Waals surface area contributed by atoms with Gasteiger partial charge in [-0.2, -0.15) is 0 Å². The van der Waals surface area contributed by atoms with Crippen LogP contribution in [0, 0.1) is 0 Å². The zero-order chi connectivity index (χ0) is 15.3. The summed E-state index contributed by atoms with van der Waals surface area (Å²) in [6.07, 6.45) is 1.92. The van der Waals surface area contributed by atoms with Crippen LogP contribution in [0.15, 0.2) is 29.2 Å². The number of rotatable bonds is 7. The Balaban J connectivity index is 2.06. The Morgan fingerprint density at radius 3 is 2.90 bits per heavy atom. The monoisotopic (exact) mass is 312 g/mol. The molecule has 6 heteroatoms. The first-order chi connectivity index (χ1) is 10.0. The van der Waals surface area contributed by atoms with Gasteiger partial charge in [0.25, 0.3) is 0 Å².